The highest BCUT2D eigenvalue weighted by Crippen LogP contribution is 2.35. The van der Waals surface area contributed by atoms with Crippen LogP contribution in [0.3, 0.4) is 0 Å². The average molecular weight is 235 g/mol. The molecule has 2 aromatic rings. The number of rotatable bonds is 2. The first-order valence-electron chi connectivity index (χ1n) is 4.89. The number of aryl methyl sites for hydroxylation is 1. The number of aromatic hydroxyl groups is 1. The molecule has 3 heteroatoms. The number of hydrogen-bond donors (Lipinski definition) is 1. The van der Waals surface area contributed by atoms with Crippen LogP contribution in [0.25, 0.3) is 0 Å². The lowest BCUT2D eigenvalue weighted by Crippen LogP contribution is -1.85. The SMILES string of the molecule is Cc1ccc(Oc2cccc(O)c2Cl)cc1. The van der Waals surface area contributed by atoms with Gasteiger partial charge in [-0.15, -0.1) is 0 Å². The van der Waals surface area contributed by atoms with E-state index in [0.29, 0.717) is 11.5 Å². The molecule has 2 rings (SSSR count). The maximum Gasteiger partial charge on any atom is 0.149 e. The van der Waals surface area contributed by atoms with Crippen LogP contribution in [-0.2, 0) is 0 Å². The van der Waals surface area contributed by atoms with Crippen LogP contribution >= 0.6 is 11.6 Å². The molecule has 16 heavy (non-hydrogen) atoms. The number of hydrogen-bond acceptors (Lipinski definition) is 2. The summed E-state index contributed by atoms with van der Waals surface area (Å²) in [6.45, 7) is 2.01. The molecule has 0 saturated heterocycles. The van der Waals surface area contributed by atoms with Gasteiger partial charge in [-0.2, -0.15) is 0 Å². The molecule has 0 radical (unpaired) electrons. The fourth-order valence-corrected chi connectivity index (χ4v) is 1.48. The summed E-state index contributed by atoms with van der Waals surface area (Å²) in [5.41, 5.74) is 1.16. The third-order valence-corrected chi connectivity index (χ3v) is 2.57. The van der Waals surface area contributed by atoms with Gasteiger partial charge in [-0.25, -0.2) is 0 Å². The van der Waals surface area contributed by atoms with Crippen molar-refractivity contribution < 1.29 is 9.84 Å². The Morgan fingerprint density at radius 1 is 1.06 bits per heavy atom. The van der Waals surface area contributed by atoms with E-state index in [4.69, 9.17) is 16.3 Å². The van der Waals surface area contributed by atoms with Crippen molar-refractivity contribution >= 4 is 11.6 Å². The fraction of sp³-hybridized carbons (Fsp3) is 0.0769. The Morgan fingerprint density at radius 2 is 1.75 bits per heavy atom. The Bertz CT molecular complexity index is 492. The van der Waals surface area contributed by atoms with Gasteiger partial charge in [0.1, 0.15) is 22.3 Å². The number of phenolic OH excluding ortho intramolecular Hbond substituents is 1. The van der Waals surface area contributed by atoms with Crippen LogP contribution in [0.4, 0.5) is 0 Å². The normalized spacial score (nSPS) is 10.1. The third-order valence-electron chi connectivity index (χ3n) is 2.19. The predicted octanol–water partition coefficient (Wildman–Crippen LogP) is 4.15. The summed E-state index contributed by atoms with van der Waals surface area (Å²) < 4.78 is 5.55. The quantitative estimate of drug-likeness (QED) is 0.846. The van der Waals surface area contributed by atoms with E-state index in [9.17, 15) is 5.11 Å². The molecule has 0 fully saturated rings. The first-order chi connectivity index (χ1) is 7.66. The van der Waals surface area contributed by atoms with Gasteiger partial charge in [0.05, 0.1) is 0 Å². The van der Waals surface area contributed by atoms with Gasteiger partial charge in [0.2, 0.25) is 0 Å². The van der Waals surface area contributed by atoms with Crippen molar-refractivity contribution in [3.8, 4) is 17.2 Å². The molecule has 0 unspecified atom stereocenters. The van der Waals surface area contributed by atoms with Crippen LogP contribution in [-0.4, -0.2) is 5.11 Å². The van der Waals surface area contributed by atoms with E-state index in [1.807, 2.05) is 31.2 Å². The molecule has 0 aliphatic rings. The second kappa shape index (κ2) is 4.45. The lowest BCUT2D eigenvalue weighted by atomic mass is 10.2. The zero-order valence-electron chi connectivity index (χ0n) is 8.77. The molecule has 2 aromatic carbocycles. The maximum absolute atomic E-state index is 9.41. The molecule has 0 saturated carbocycles. The molecule has 0 amide bonds. The molecule has 0 aliphatic carbocycles. The van der Waals surface area contributed by atoms with Crippen molar-refractivity contribution in [2.75, 3.05) is 0 Å². The van der Waals surface area contributed by atoms with Gasteiger partial charge in [0.25, 0.3) is 0 Å². The lowest BCUT2D eigenvalue weighted by Gasteiger charge is -2.08. The van der Waals surface area contributed by atoms with Crippen LogP contribution in [0.1, 0.15) is 5.56 Å². The zero-order chi connectivity index (χ0) is 11.5. The summed E-state index contributed by atoms with van der Waals surface area (Å²) >= 11 is 5.90. The molecule has 0 spiro atoms. The van der Waals surface area contributed by atoms with Crippen molar-refractivity contribution in [2.24, 2.45) is 0 Å². The summed E-state index contributed by atoms with van der Waals surface area (Å²) in [5.74, 6) is 1.16. The molecule has 2 nitrogen and oxygen atoms in total. The molecule has 82 valence electrons. The molecule has 0 aromatic heterocycles. The Labute approximate surface area is 99.1 Å². The molecule has 0 bridgehead atoms. The highest BCUT2D eigenvalue weighted by molar-refractivity contribution is 6.33. The van der Waals surface area contributed by atoms with Gasteiger partial charge in [0.15, 0.2) is 0 Å². The second-order valence-corrected chi connectivity index (χ2v) is 3.88. The number of phenols is 1. The van der Waals surface area contributed by atoms with Gasteiger partial charge in [-0.3, -0.25) is 0 Å². The Hall–Kier alpha value is -1.67. The topological polar surface area (TPSA) is 29.5 Å². The summed E-state index contributed by atoms with van der Waals surface area (Å²) in [6, 6.07) is 12.5. The summed E-state index contributed by atoms with van der Waals surface area (Å²) in [7, 11) is 0. The molecule has 1 N–H and O–H groups in total. The Kier molecular flexibility index (Phi) is 3.02. The van der Waals surface area contributed by atoms with Gasteiger partial charge >= 0.3 is 0 Å². The van der Waals surface area contributed by atoms with E-state index in [1.165, 1.54) is 6.07 Å². The monoisotopic (exact) mass is 234 g/mol. The van der Waals surface area contributed by atoms with Gasteiger partial charge in [-0.05, 0) is 31.2 Å². The largest absolute Gasteiger partial charge is 0.506 e. The molecular weight excluding hydrogens is 224 g/mol. The van der Waals surface area contributed by atoms with E-state index in [0.717, 1.165) is 5.56 Å². The van der Waals surface area contributed by atoms with E-state index in [1.54, 1.807) is 12.1 Å². The van der Waals surface area contributed by atoms with Gasteiger partial charge in [-0.1, -0.05) is 35.4 Å². The van der Waals surface area contributed by atoms with Crippen molar-refractivity contribution in [3.63, 3.8) is 0 Å². The van der Waals surface area contributed by atoms with Crippen molar-refractivity contribution in [1.82, 2.24) is 0 Å². The van der Waals surface area contributed by atoms with Crippen LogP contribution < -0.4 is 4.74 Å². The minimum Gasteiger partial charge on any atom is -0.506 e. The minimum absolute atomic E-state index is 0.0197. The highest BCUT2D eigenvalue weighted by Gasteiger charge is 2.06. The van der Waals surface area contributed by atoms with Crippen molar-refractivity contribution in [2.45, 2.75) is 6.92 Å². The zero-order valence-corrected chi connectivity index (χ0v) is 9.53. The summed E-state index contributed by atoms with van der Waals surface area (Å²) in [6.07, 6.45) is 0. The van der Waals surface area contributed by atoms with Crippen molar-refractivity contribution in [3.05, 3.63) is 53.1 Å². The fourth-order valence-electron chi connectivity index (χ4n) is 1.31. The summed E-state index contributed by atoms with van der Waals surface area (Å²) in [4.78, 5) is 0. The number of halogens is 1. The first kappa shape index (κ1) is 10.8. The van der Waals surface area contributed by atoms with E-state index in [2.05, 4.69) is 0 Å². The Balaban J connectivity index is 2.27. The second-order valence-electron chi connectivity index (χ2n) is 3.50. The maximum atomic E-state index is 9.41. The summed E-state index contributed by atoms with van der Waals surface area (Å²) in [5, 5.41) is 9.64. The highest BCUT2D eigenvalue weighted by atomic mass is 35.5. The minimum atomic E-state index is 0.0197. The first-order valence-corrected chi connectivity index (χ1v) is 5.26. The van der Waals surface area contributed by atoms with E-state index >= 15 is 0 Å². The number of ether oxygens (including phenoxy) is 1. The smallest absolute Gasteiger partial charge is 0.149 e. The molecular formula is C13H11ClO2. The average Bonchev–Trinajstić information content (AvgIpc) is 2.28. The van der Waals surface area contributed by atoms with Crippen LogP contribution in [0.2, 0.25) is 5.02 Å². The Morgan fingerprint density at radius 3 is 2.44 bits per heavy atom. The number of benzene rings is 2. The van der Waals surface area contributed by atoms with Gasteiger partial charge in [0, 0.05) is 0 Å². The predicted molar refractivity (Wildman–Crippen MR) is 64.4 cm³/mol. The van der Waals surface area contributed by atoms with E-state index in [-0.39, 0.29) is 10.8 Å². The van der Waals surface area contributed by atoms with Crippen LogP contribution in [0.5, 0.6) is 17.2 Å². The van der Waals surface area contributed by atoms with Crippen LogP contribution in [0, 0.1) is 6.92 Å². The third kappa shape index (κ3) is 2.28. The van der Waals surface area contributed by atoms with Crippen LogP contribution in [0.15, 0.2) is 42.5 Å². The standard InChI is InChI=1S/C13H11ClO2/c1-9-5-7-10(8-6-9)16-12-4-2-3-11(15)13(12)14/h2-8,15H,1H3. The lowest BCUT2D eigenvalue weighted by molar-refractivity contribution is 0.455. The molecule has 0 heterocycles. The van der Waals surface area contributed by atoms with Gasteiger partial charge < -0.3 is 9.84 Å². The van der Waals surface area contributed by atoms with Crippen molar-refractivity contribution in [1.29, 1.82) is 0 Å². The van der Waals surface area contributed by atoms with E-state index < -0.39 is 0 Å². The molecule has 0 atom stereocenters. The molecule has 0 aliphatic heterocycles.